The standard InChI is InChI=1S/C24H29BrN4O2S/c1-2-3-16-31-20-7-4-18(5-8-20)23(30)26-10-11-28-12-14-29(15-13-28)24-27-21-9-6-19(25)17-22(21)32-24/h4-9,17H,2-3,10-16H2,1H3,(H,26,30). The zero-order valence-corrected chi connectivity index (χ0v) is 20.8. The first-order valence-corrected chi connectivity index (χ1v) is 12.8. The molecule has 0 bridgehead atoms. The van der Waals surface area contributed by atoms with Crippen molar-refractivity contribution in [3.63, 3.8) is 0 Å². The summed E-state index contributed by atoms with van der Waals surface area (Å²) in [5.74, 6) is 0.776. The van der Waals surface area contributed by atoms with Gasteiger partial charge in [0.15, 0.2) is 5.13 Å². The summed E-state index contributed by atoms with van der Waals surface area (Å²) in [4.78, 5) is 22.0. The number of fused-ring (bicyclic) bond motifs is 1. The lowest BCUT2D eigenvalue weighted by Gasteiger charge is -2.34. The van der Waals surface area contributed by atoms with E-state index in [9.17, 15) is 4.79 Å². The lowest BCUT2D eigenvalue weighted by Crippen LogP contribution is -2.48. The van der Waals surface area contributed by atoms with Crippen LogP contribution in [0.2, 0.25) is 0 Å². The molecule has 0 aliphatic carbocycles. The van der Waals surface area contributed by atoms with Crippen molar-refractivity contribution >= 4 is 48.5 Å². The fourth-order valence-electron chi connectivity index (χ4n) is 3.65. The third-order valence-electron chi connectivity index (χ3n) is 5.58. The average molecular weight is 517 g/mol. The highest BCUT2D eigenvalue weighted by Gasteiger charge is 2.20. The molecule has 6 nitrogen and oxygen atoms in total. The molecule has 0 spiro atoms. The maximum absolute atomic E-state index is 12.4. The Labute approximate surface area is 201 Å². The summed E-state index contributed by atoms with van der Waals surface area (Å²) in [5.41, 5.74) is 1.72. The quantitative estimate of drug-likeness (QED) is 0.414. The number of thiazole rings is 1. The van der Waals surface area contributed by atoms with Crippen LogP contribution in [0.25, 0.3) is 10.2 Å². The van der Waals surface area contributed by atoms with Crippen LogP contribution in [0.3, 0.4) is 0 Å². The first-order valence-electron chi connectivity index (χ1n) is 11.2. The van der Waals surface area contributed by atoms with E-state index in [1.165, 1.54) is 4.70 Å². The van der Waals surface area contributed by atoms with E-state index in [0.29, 0.717) is 18.7 Å². The molecule has 1 saturated heterocycles. The maximum atomic E-state index is 12.4. The van der Waals surface area contributed by atoms with Crippen molar-refractivity contribution in [1.82, 2.24) is 15.2 Å². The Hall–Kier alpha value is -2.16. The first kappa shape index (κ1) is 23.0. The van der Waals surface area contributed by atoms with Gasteiger partial charge in [0.2, 0.25) is 0 Å². The van der Waals surface area contributed by atoms with Crippen molar-refractivity contribution in [1.29, 1.82) is 0 Å². The average Bonchev–Trinajstić information content (AvgIpc) is 3.23. The third-order valence-corrected chi connectivity index (χ3v) is 7.15. The molecular formula is C24H29BrN4O2S. The molecule has 170 valence electrons. The molecule has 2 aromatic carbocycles. The second-order valence-electron chi connectivity index (χ2n) is 7.92. The van der Waals surface area contributed by atoms with E-state index in [4.69, 9.17) is 9.72 Å². The van der Waals surface area contributed by atoms with Crippen LogP contribution < -0.4 is 15.0 Å². The van der Waals surface area contributed by atoms with Crippen LogP contribution in [0.15, 0.2) is 46.9 Å². The van der Waals surface area contributed by atoms with Gasteiger partial charge in [0.25, 0.3) is 5.91 Å². The van der Waals surface area contributed by atoms with Gasteiger partial charge in [0.1, 0.15) is 5.75 Å². The predicted molar refractivity (Wildman–Crippen MR) is 135 cm³/mol. The molecule has 1 aliphatic rings. The minimum absolute atomic E-state index is 0.0376. The molecule has 1 fully saturated rings. The number of carbonyl (C=O) groups is 1. The highest BCUT2D eigenvalue weighted by atomic mass is 79.9. The summed E-state index contributed by atoms with van der Waals surface area (Å²) >= 11 is 5.28. The van der Waals surface area contributed by atoms with E-state index in [-0.39, 0.29) is 5.91 Å². The Kier molecular flexibility index (Phi) is 8.00. The van der Waals surface area contributed by atoms with Crippen LogP contribution in [-0.4, -0.2) is 61.7 Å². The SMILES string of the molecule is CCCCOc1ccc(C(=O)NCCN2CCN(c3nc4ccc(Br)cc4s3)CC2)cc1. The Morgan fingerprint density at radius 3 is 2.69 bits per heavy atom. The highest BCUT2D eigenvalue weighted by molar-refractivity contribution is 9.10. The summed E-state index contributed by atoms with van der Waals surface area (Å²) in [5, 5.41) is 4.13. The predicted octanol–water partition coefficient (Wildman–Crippen LogP) is 4.79. The van der Waals surface area contributed by atoms with Gasteiger partial charge >= 0.3 is 0 Å². The summed E-state index contributed by atoms with van der Waals surface area (Å²) in [6.45, 7) is 8.19. The van der Waals surface area contributed by atoms with Crippen molar-refractivity contribution in [2.75, 3.05) is 50.8 Å². The summed E-state index contributed by atoms with van der Waals surface area (Å²) in [7, 11) is 0. The number of anilines is 1. The second-order valence-corrected chi connectivity index (χ2v) is 9.84. The molecule has 0 unspecified atom stereocenters. The molecule has 0 radical (unpaired) electrons. The molecule has 1 amide bonds. The van der Waals surface area contributed by atoms with E-state index < -0.39 is 0 Å². The van der Waals surface area contributed by atoms with Gasteiger partial charge in [-0.15, -0.1) is 0 Å². The molecule has 4 rings (SSSR count). The van der Waals surface area contributed by atoms with Gasteiger partial charge in [-0.2, -0.15) is 0 Å². The molecule has 32 heavy (non-hydrogen) atoms. The molecule has 0 saturated carbocycles. The Balaban J connectivity index is 1.19. The molecular weight excluding hydrogens is 488 g/mol. The number of hydrogen-bond acceptors (Lipinski definition) is 6. The van der Waals surface area contributed by atoms with E-state index in [2.05, 4.69) is 50.1 Å². The van der Waals surface area contributed by atoms with Crippen LogP contribution >= 0.6 is 27.3 Å². The Bertz CT molecular complexity index is 1030. The zero-order valence-electron chi connectivity index (χ0n) is 18.3. The monoisotopic (exact) mass is 516 g/mol. The van der Waals surface area contributed by atoms with Crippen molar-refractivity contribution in [2.45, 2.75) is 19.8 Å². The molecule has 1 aliphatic heterocycles. The number of nitrogens with one attached hydrogen (secondary N) is 1. The number of carbonyl (C=O) groups excluding carboxylic acids is 1. The molecule has 2 heterocycles. The normalized spacial score (nSPS) is 14.6. The number of hydrogen-bond donors (Lipinski definition) is 1. The molecule has 1 aromatic heterocycles. The Morgan fingerprint density at radius 2 is 1.94 bits per heavy atom. The largest absolute Gasteiger partial charge is 0.494 e. The molecule has 0 atom stereocenters. The van der Waals surface area contributed by atoms with Gasteiger partial charge in [0, 0.05) is 49.3 Å². The third kappa shape index (κ3) is 5.99. The number of nitrogens with zero attached hydrogens (tertiary/aromatic N) is 3. The van der Waals surface area contributed by atoms with Gasteiger partial charge in [-0.3, -0.25) is 9.69 Å². The zero-order chi connectivity index (χ0) is 22.3. The number of ether oxygens (including phenoxy) is 1. The number of rotatable bonds is 9. The lowest BCUT2D eigenvalue weighted by molar-refractivity contribution is 0.0947. The lowest BCUT2D eigenvalue weighted by atomic mass is 10.2. The van der Waals surface area contributed by atoms with Crippen LogP contribution in [0.1, 0.15) is 30.1 Å². The Morgan fingerprint density at radius 1 is 1.16 bits per heavy atom. The van der Waals surface area contributed by atoms with Crippen LogP contribution in [0.5, 0.6) is 5.75 Å². The fraction of sp³-hybridized carbons (Fsp3) is 0.417. The van der Waals surface area contributed by atoms with Crippen molar-refractivity contribution in [3.8, 4) is 5.75 Å². The summed E-state index contributed by atoms with van der Waals surface area (Å²) < 4.78 is 7.95. The van der Waals surface area contributed by atoms with Crippen LogP contribution in [0.4, 0.5) is 5.13 Å². The number of piperazine rings is 1. The maximum Gasteiger partial charge on any atom is 0.251 e. The summed E-state index contributed by atoms with van der Waals surface area (Å²) in [6.07, 6.45) is 2.14. The first-order chi connectivity index (χ1) is 15.6. The minimum atomic E-state index is -0.0376. The van der Waals surface area contributed by atoms with Gasteiger partial charge in [0.05, 0.1) is 16.8 Å². The van der Waals surface area contributed by atoms with E-state index in [1.54, 1.807) is 11.3 Å². The fourth-order valence-corrected chi connectivity index (χ4v) is 5.22. The van der Waals surface area contributed by atoms with Crippen molar-refractivity contribution < 1.29 is 9.53 Å². The number of aromatic nitrogens is 1. The number of halogens is 1. The molecule has 3 aromatic rings. The number of benzene rings is 2. The second kappa shape index (κ2) is 11.1. The number of unbranched alkanes of at least 4 members (excludes halogenated alkanes) is 1. The van der Waals surface area contributed by atoms with E-state index >= 15 is 0 Å². The smallest absolute Gasteiger partial charge is 0.251 e. The minimum Gasteiger partial charge on any atom is -0.494 e. The van der Waals surface area contributed by atoms with Gasteiger partial charge in [-0.1, -0.05) is 40.6 Å². The molecule has 1 N–H and O–H groups in total. The highest BCUT2D eigenvalue weighted by Crippen LogP contribution is 2.31. The van der Waals surface area contributed by atoms with E-state index in [0.717, 1.165) is 66.4 Å². The van der Waals surface area contributed by atoms with E-state index in [1.807, 2.05) is 30.3 Å². The van der Waals surface area contributed by atoms with Gasteiger partial charge in [-0.05, 0) is 48.9 Å². The number of amides is 1. The molecule has 8 heteroatoms. The summed E-state index contributed by atoms with van der Waals surface area (Å²) in [6, 6.07) is 13.6. The van der Waals surface area contributed by atoms with Crippen molar-refractivity contribution in [2.24, 2.45) is 0 Å². The topological polar surface area (TPSA) is 57.7 Å². The van der Waals surface area contributed by atoms with Crippen LogP contribution in [0, 0.1) is 0 Å². The van der Waals surface area contributed by atoms with Crippen LogP contribution in [-0.2, 0) is 0 Å². The van der Waals surface area contributed by atoms with Crippen molar-refractivity contribution in [3.05, 3.63) is 52.5 Å². The van der Waals surface area contributed by atoms with Gasteiger partial charge < -0.3 is 15.0 Å². The van der Waals surface area contributed by atoms with Gasteiger partial charge in [-0.25, -0.2) is 4.98 Å².